The third-order valence-electron chi connectivity index (χ3n) is 5.18. The first-order valence-corrected chi connectivity index (χ1v) is 10.3. The first-order valence-electron chi connectivity index (χ1n) is 10.3. The van der Waals surface area contributed by atoms with Crippen molar-refractivity contribution in [1.29, 1.82) is 0 Å². The lowest BCUT2D eigenvalue weighted by molar-refractivity contribution is 0.156. The second-order valence-electron chi connectivity index (χ2n) is 7.56. The summed E-state index contributed by atoms with van der Waals surface area (Å²) in [7, 11) is 3.70. The maximum Gasteiger partial charge on any atom is 0.318 e. The largest absolute Gasteiger partial charge is 0.490 e. The molecule has 1 aliphatic rings. The van der Waals surface area contributed by atoms with Crippen LogP contribution in [0.2, 0.25) is 0 Å². The molecule has 2 aromatic carbocycles. The van der Waals surface area contributed by atoms with Crippen LogP contribution in [0.4, 0.5) is 9.18 Å². The van der Waals surface area contributed by atoms with E-state index < -0.39 is 5.82 Å². The summed E-state index contributed by atoms with van der Waals surface area (Å²) in [5.74, 6) is -0.161. The number of hydrogen-bond donors (Lipinski definition) is 1. The Hall–Kier alpha value is -2.64. The highest BCUT2D eigenvalue weighted by Gasteiger charge is 2.29. The molecule has 3 rings (SSSR count). The Balaban J connectivity index is 1.47. The SMILES string of the molecule is COCCN(C)CCCOc1ccc(CN2C[C@H](c3ccccc3)NC2=O)cc1F. The fraction of sp³-hybridized carbons (Fsp3) is 0.435. The van der Waals surface area contributed by atoms with E-state index in [9.17, 15) is 9.18 Å². The Kier molecular flexibility index (Phi) is 8.04. The highest BCUT2D eigenvalue weighted by Crippen LogP contribution is 2.24. The smallest absolute Gasteiger partial charge is 0.318 e. The third-order valence-corrected chi connectivity index (χ3v) is 5.18. The van der Waals surface area contributed by atoms with Crippen molar-refractivity contribution in [3.8, 4) is 5.75 Å². The Bertz CT molecular complexity index is 819. The van der Waals surface area contributed by atoms with Crippen molar-refractivity contribution in [1.82, 2.24) is 15.1 Å². The number of hydrogen-bond acceptors (Lipinski definition) is 4. The van der Waals surface area contributed by atoms with Crippen LogP contribution in [0, 0.1) is 5.82 Å². The number of nitrogens with zero attached hydrogens (tertiary/aromatic N) is 2. The van der Waals surface area contributed by atoms with Crippen molar-refractivity contribution in [2.45, 2.75) is 19.0 Å². The van der Waals surface area contributed by atoms with Gasteiger partial charge in [-0.25, -0.2) is 9.18 Å². The van der Waals surface area contributed by atoms with Crippen LogP contribution in [-0.2, 0) is 11.3 Å². The standard InChI is InChI=1S/C23H30FN3O3/c1-26(12-14-29-2)11-6-13-30-22-10-9-18(15-20(22)24)16-27-17-21(25-23(27)28)19-7-4-3-5-8-19/h3-5,7-10,15,21H,6,11-14,16-17H2,1-2H3,(H,25,28)/t21-/m1/s1. The van der Waals surface area contributed by atoms with E-state index in [1.54, 1.807) is 18.1 Å². The van der Waals surface area contributed by atoms with E-state index in [2.05, 4.69) is 10.2 Å². The number of amides is 2. The van der Waals surface area contributed by atoms with Gasteiger partial charge in [0.2, 0.25) is 0 Å². The molecule has 1 N–H and O–H groups in total. The van der Waals surface area contributed by atoms with Crippen molar-refractivity contribution in [3.05, 3.63) is 65.5 Å². The summed E-state index contributed by atoms with van der Waals surface area (Å²) >= 11 is 0. The van der Waals surface area contributed by atoms with Crippen LogP contribution in [-0.4, -0.2) is 62.8 Å². The maximum atomic E-state index is 14.4. The summed E-state index contributed by atoms with van der Waals surface area (Å²) in [4.78, 5) is 16.1. The monoisotopic (exact) mass is 415 g/mol. The number of rotatable bonds is 11. The molecular formula is C23H30FN3O3. The third kappa shape index (κ3) is 6.18. The van der Waals surface area contributed by atoms with E-state index >= 15 is 0 Å². The van der Waals surface area contributed by atoms with Crippen molar-refractivity contribution < 1.29 is 18.7 Å². The number of halogens is 1. The summed E-state index contributed by atoms with van der Waals surface area (Å²) in [5, 5.41) is 2.98. The average molecular weight is 416 g/mol. The van der Waals surface area contributed by atoms with Crippen LogP contribution in [0.1, 0.15) is 23.6 Å². The summed E-state index contributed by atoms with van der Waals surface area (Å²) in [6.45, 7) is 3.76. The van der Waals surface area contributed by atoms with Crippen LogP contribution in [0.3, 0.4) is 0 Å². The molecule has 1 aliphatic heterocycles. The molecule has 0 unspecified atom stereocenters. The molecule has 0 saturated carbocycles. The number of ether oxygens (including phenoxy) is 2. The zero-order valence-electron chi connectivity index (χ0n) is 17.6. The number of nitrogens with one attached hydrogen (secondary N) is 1. The van der Waals surface area contributed by atoms with Gasteiger partial charge in [0, 0.05) is 33.3 Å². The van der Waals surface area contributed by atoms with Gasteiger partial charge in [-0.1, -0.05) is 36.4 Å². The van der Waals surface area contributed by atoms with Crippen LogP contribution < -0.4 is 10.1 Å². The normalized spacial score (nSPS) is 16.2. The van der Waals surface area contributed by atoms with Crippen LogP contribution in [0.5, 0.6) is 5.75 Å². The van der Waals surface area contributed by atoms with Gasteiger partial charge < -0.3 is 24.6 Å². The highest BCUT2D eigenvalue weighted by atomic mass is 19.1. The fourth-order valence-electron chi connectivity index (χ4n) is 3.46. The van der Waals surface area contributed by atoms with E-state index in [1.165, 1.54) is 6.07 Å². The summed E-state index contributed by atoms with van der Waals surface area (Å²) in [5.41, 5.74) is 1.80. The summed E-state index contributed by atoms with van der Waals surface area (Å²) in [6.07, 6.45) is 0.802. The average Bonchev–Trinajstić information content (AvgIpc) is 3.12. The molecule has 6 nitrogen and oxygen atoms in total. The van der Waals surface area contributed by atoms with Gasteiger partial charge in [0.15, 0.2) is 11.6 Å². The molecule has 162 valence electrons. The molecule has 1 heterocycles. The molecule has 0 radical (unpaired) electrons. The molecule has 1 atom stereocenters. The molecule has 30 heavy (non-hydrogen) atoms. The van der Waals surface area contributed by atoms with E-state index in [4.69, 9.17) is 9.47 Å². The minimum Gasteiger partial charge on any atom is -0.490 e. The number of carbonyl (C=O) groups is 1. The molecular weight excluding hydrogens is 385 g/mol. The van der Waals surface area contributed by atoms with Crippen LogP contribution in [0.25, 0.3) is 0 Å². The van der Waals surface area contributed by atoms with Crippen molar-refractivity contribution in [3.63, 3.8) is 0 Å². The fourth-order valence-corrected chi connectivity index (χ4v) is 3.46. The predicted octanol–water partition coefficient (Wildman–Crippen LogP) is 3.44. The van der Waals surface area contributed by atoms with Gasteiger partial charge in [-0.3, -0.25) is 0 Å². The second kappa shape index (κ2) is 10.9. The lowest BCUT2D eigenvalue weighted by Crippen LogP contribution is -2.27. The van der Waals surface area contributed by atoms with Crippen LogP contribution in [0.15, 0.2) is 48.5 Å². The van der Waals surface area contributed by atoms with Gasteiger partial charge in [-0.2, -0.15) is 0 Å². The van der Waals surface area contributed by atoms with E-state index in [-0.39, 0.29) is 17.8 Å². The van der Waals surface area contributed by atoms with Crippen molar-refractivity contribution in [2.24, 2.45) is 0 Å². The summed E-state index contributed by atoms with van der Waals surface area (Å²) < 4.78 is 25.1. The minimum absolute atomic E-state index is 0.0480. The van der Waals surface area contributed by atoms with E-state index in [1.807, 2.05) is 43.4 Å². The zero-order valence-corrected chi connectivity index (χ0v) is 17.6. The molecule has 2 amide bonds. The van der Waals surface area contributed by atoms with Crippen molar-refractivity contribution in [2.75, 3.05) is 47.0 Å². The van der Waals surface area contributed by atoms with Gasteiger partial charge in [-0.05, 0) is 36.7 Å². The topological polar surface area (TPSA) is 54.0 Å². The second-order valence-corrected chi connectivity index (χ2v) is 7.56. The van der Waals surface area contributed by atoms with E-state index in [0.717, 1.165) is 30.6 Å². The lowest BCUT2D eigenvalue weighted by atomic mass is 10.1. The summed E-state index contributed by atoms with van der Waals surface area (Å²) in [6, 6.07) is 14.6. The predicted molar refractivity (Wildman–Crippen MR) is 114 cm³/mol. The first kappa shape index (κ1) is 22.1. The molecule has 0 bridgehead atoms. The molecule has 1 saturated heterocycles. The number of benzene rings is 2. The number of likely N-dealkylation sites (N-methyl/N-ethyl adjacent to an activating group) is 1. The first-order chi connectivity index (χ1) is 14.6. The quantitative estimate of drug-likeness (QED) is 0.572. The Labute approximate surface area is 177 Å². The minimum atomic E-state index is -0.403. The molecule has 7 heteroatoms. The Morgan fingerprint density at radius 3 is 2.70 bits per heavy atom. The van der Waals surface area contributed by atoms with Gasteiger partial charge in [-0.15, -0.1) is 0 Å². The van der Waals surface area contributed by atoms with Gasteiger partial charge >= 0.3 is 6.03 Å². The van der Waals surface area contributed by atoms with Crippen LogP contribution >= 0.6 is 0 Å². The van der Waals surface area contributed by atoms with Gasteiger partial charge in [0.25, 0.3) is 0 Å². The van der Waals surface area contributed by atoms with Crippen molar-refractivity contribution >= 4 is 6.03 Å². The Morgan fingerprint density at radius 2 is 1.97 bits per heavy atom. The molecule has 2 aromatic rings. The maximum absolute atomic E-state index is 14.4. The van der Waals surface area contributed by atoms with Gasteiger partial charge in [0.1, 0.15) is 0 Å². The van der Waals surface area contributed by atoms with E-state index in [0.29, 0.717) is 26.3 Å². The Morgan fingerprint density at radius 1 is 1.17 bits per heavy atom. The number of urea groups is 1. The number of methoxy groups -OCH3 is 1. The molecule has 0 aliphatic carbocycles. The molecule has 1 fully saturated rings. The lowest BCUT2D eigenvalue weighted by Gasteiger charge is -2.17. The van der Waals surface area contributed by atoms with Gasteiger partial charge in [0.05, 0.1) is 19.3 Å². The number of carbonyl (C=O) groups excluding carboxylic acids is 1. The highest BCUT2D eigenvalue weighted by molar-refractivity contribution is 5.77. The zero-order chi connectivity index (χ0) is 21.3. The molecule has 0 aromatic heterocycles. The molecule has 0 spiro atoms.